The molecule has 0 radical (unpaired) electrons. The van der Waals surface area contributed by atoms with Crippen molar-refractivity contribution in [2.24, 2.45) is 5.92 Å². The topological polar surface area (TPSA) is 56.9 Å². The van der Waals surface area contributed by atoms with Crippen molar-refractivity contribution in [3.8, 4) is 0 Å². The Hall–Kier alpha value is -2.47. The van der Waals surface area contributed by atoms with Crippen molar-refractivity contribution >= 4 is 27.3 Å². The molecule has 5 nitrogen and oxygen atoms in total. The molecule has 3 heterocycles. The second-order valence-corrected chi connectivity index (χ2v) is 8.90. The molecule has 0 saturated heterocycles. The number of Topliss-reactive ketones (excluding diaryl/α,β-unsaturated/α-hetero) is 1. The van der Waals surface area contributed by atoms with Gasteiger partial charge in [-0.2, -0.15) is 0 Å². The quantitative estimate of drug-likeness (QED) is 0.483. The van der Waals surface area contributed by atoms with E-state index in [9.17, 15) is 9.59 Å². The Morgan fingerprint density at radius 1 is 1.43 bits per heavy atom. The molecule has 1 aliphatic carbocycles. The SMILES string of the molecule is C=CCn1c(C)cc(C(=O)Cn2cnc3sc4c(c3c2=O)CC[C@H](C)C4)c1C. The van der Waals surface area contributed by atoms with Gasteiger partial charge in [0, 0.05) is 28.4 Å². The minimum absolute atomic E-state index is 0.0151. The zero-order chi connectivity index (χ0) is 20.0. The fourth-order valence-electron chi connectivity index (χ4n) is 4.21. The molecule has 0 aromatic carbocycles. The molecular weight excluding hydrogens is 370 g/mol. The number of allylic oxidation sites excluding steroid dienone is 1. The summed E-state index contributed by atoms with van der Waals surface area (Å²) >= 11 is 1.63. The molecule has 0 fully saturated rings. The number of thiophene rings is 1. The first kappa shape index (κ1) is 18.9. The number of hydrogen-bond acceptors (Lipinski definition) is 4. The van der Waals surface area contributed by atoms with Crippen molar-refractivity contribution in [3.05, 3.63) is 62.8 Å². The van der Waals surface area contributed by atoms with Crippen LogP contribution in [-0.4, -0.2) is 19.9 Å². The van der Waals surface area contributed by atoms with Gasteiger partial charge < -0.3 is 4.57 Å². The number of carbonyl (C=O) groups is 1. The summed E-state index contributed by atoms with van der Waals surface area (Å²) in [5.74, 6) is 0.583. The van der Waals surface area contributed by atoms with Crippen LogP contribution >= 0.6 is 11.3 Å². The fraction of sp³-hybridized carbons (Fsp3) is 0.409. The van der Waals surface area contributed by atoms with Crippen LogP contribution < -0.4 is 5.56 Å². The Kier molecular flexibility index (Phi) is 4.83. The molecule has 0 unspecified atom stereocenters. The Bertz CT molecular complexity index is 1150. The predicted molar refractivity (Wildman–Crippen MR) is 114 cm³/mol. The van der Waals surface area contributed by atoms with Crippen LogP contribution in [0.1, 0.15) is 45.5 Å². The van der Waals surface area contributed by atoms with E-state index < -0.39 is 0 Å². The van der Waals surface area contributed by atoms with Gasteiger partial charge in [-0.3, -0.25) is 14.2 Å². The summed E-state index contributed by atoms with van der Waals surface area (Å²) in [5.41, 5.74) is 3.65. The average Bonchev–Trinajstić information content (AvgIpc) is 3.16. The van der Waals surface area contributed by atoms with Crippen LogP contribution in [0.2, 0.25) is 0 Å². The summed E-state index contributed by atoms with van der Waals surface area (Å²) in [4.78, 5) is 32.7. The largest absolute Gasteiger partial charge is 0.345 e. The summed E-state index contributed by atoms with van der Waals surface area (Å²) < 4.78 is 3.52. The van der Waals surface area contributed by atoms with Gasteiger partial charge in [0.15, 0.2) is 5.78 Å². The molecule has 28 heavy (non-hydrogen) atoms. The highest BCUT2D eigenvalue weighted by atomic mass is 32.1. The van der Waals surface area contributed by atoms with Crippen LogP contribution in [0.15, 0.2) is 29.8 Å². The normalized spacial score (nSPS) is 16.3. The molecule has 4 rings (SSSR count). The van der Waals surface area contributed by atoms with Crippen LogP contribution in [0.3, 0.4) is 0 Å². The Morgan fingerprint density at radius 2 is 2.21 bits per heavy atom. The third-order valence-corrected chi connectivity index (χ3v) is 6.94. The number of aryl methyl sites for hydroxylation is 2. The van der Waals surface area contributed by atoms with E-state index in [1.54, 1.807) is 11.3 Å². The number of rotatable bonds is 5. The van der Waals surface area contributed by atoms with Crippen LogP contribution in [-0.2, 0) is 25.9 Å². The van der Waals surface area contributed by atoms with Gasteiger partial charge in [0.25, 0.3) is 5.56 Å². The van der Waals surface area contributed by atoms with Crippen molar-refractivity contribution in [2.75, 3.05) is 0 Å². The van der Waals surface area contributed by atoms with Gasteiger partial charge in [0.1, 0.15) is 4.83 Å². The molecule has 0 saturated carbocycles. The highest BCUT2D eigenvalue weighted by molar-refractivity contribution is 7.18. The molecule has 3 aromatic rings. The van der Waals surface area contributed by atoms with E-state index in [1.807, 2.05) is 26.0 Å². The second kappa shape index (κ2) is 7.17. The number of aromatic nitrogens is 3. The van der Waals surface area contributed by atoms with E-state index in [0.717, 1.165) is 46.4 Å². The van der Waals surface area contributed by atoms with E-state index in [-0.39, 0.29) is 17.9 Å². The van der Waals surface area contributed by atoms with E-state index in [0.29, 0.717) is 18.0 Å². The Labute approximate surface area is 168 Å². The Balaban J connectivity index is 1.70. The van der Waals surface area contributed by atoms with Gasteiger partial charge >= 0.3 is 0 Å². The minimum Gasteiger partial charge on any atom is -0.345 e. The van der Waals surface area contributed by atoms with Crippen molar-refractivity contribution in [1.29, 1.82) is 0 Å². The van der Waals surface area contributed by atoms with E-state index >= 15 is 0 Å². The Morgan fingerprint density at radius 3 is 2.96 bits per heavy atom. The zero-order valence-electron chi connectivity index (χ0n) is 16.6. The standard InChI is InChI=1S/C22H25N3O2S/c1-5-8-25-14(3)10-17(15(25)4)18(26)11-24-12-23-21-20(22(24)27)16-7-6-13(2)9-19(16)28-21/h5,10,12-13H,1,6-9,11H2,2-4H3/t13-/m0/s1. The van der Waals surface area contributed by atoms with Crippen molar-refractivity contribution in [1.82, 2.24) is 14.1 Å². The van der Waals surface area contributed by atoms with Gasteiger partial charge in [-0.25, -0.2) is 4.98 Å². The lowest BCUT2D eigenvalue weighted by atomic mass is 9.89. The first-order chi connectivity index (χ1) is 13.4. The maximum absolute atomic E-state index is 13.1. The molecule has 0 aliphatic heterocycles. The highest BCUT2D eigenvalue weighted by Crippen LogP contribution is 2.35. The van der Waals surface area contributed by atoms with Crippen LogP contribution in [0.4, 0.5) is 0 Å². The number of ketones is 1. The maximum Gasteiger partial charge on any atom is 0.262 e. The molecule has 0 bridgehead atoms. The molecule has 0 amide bonds. The van der Waals surface area contributed by atoms with E-state index in [4.69, 9.17) is 0 Å². The van der Waals surface area contributed by atoms with E-state index in [1.165, 1.54) is 15.8 Å². The molecule has 0 N–H and O–H groups in total. The highest BCUT2D eigenvalue weighted by Gasteiger charge is 2.24. The molecule has 3 aromatic heterocycles. The number of hydrogen-bond donors (Lipinski definition) is 0. The van der Waals surface area contributed by atoms with Crippen molar-refractivity contribution < 1.29 is 4.79 Å². The third-order valence-electron chi connectivity index (χ3n) is 5.78. The van der Waals surface area contributed by atoms with Gasteiger partial charge in [-0.15, -0.1) is 17.9 Å². The van der Waals surface area contributed by atoms with Gasteiger partial charge in [-0.05, 0) is 50.7 Å². The maximum atomic E-state index is 13.1. The molecule has 146 valence electrons. The molecule has 1 aliphatic rings. The predicted octanol–water partition coefficient (Wildman–Crippen LogP) is 4.07. The molecular formula is C22H25N3O2S. The third kappa shape index (κ3) is 3.05. The molecule has 6 heteroatoms. The smallest absolute Gasteiger partial charge is 0.262 e. The summed E-state index contributed by atoms with van der Waals surface area (Å²) in [7, 11) is 0. The first-order valence-corrected chi connectivity index (χ1v) is 10.5. The van der Waals surface area contributed by atoms with Crippen LogP contribution in [0.25, 0.3) is 10.2 Å². The minimum atomic E-state index is -0.0923. The number of fused-ring (bicyclic) bond motifs is 3. The number of nitrogens with zero attached hydrogens (tertiary/aromatic N) is 3. The number of carbonyl (C=O) groups excluding carboxylic acids is 1. The lowest BCUT2D eigenvalue weighted by Crippen LogP contribution is -2.25. The summed E-state index contributed by atoms with van der Waals surface area (Å²) in [5, 5.41) is 0.722. The lowest BCUT2D eigenvalue weighted by Gasteiger charge is -2.17. The van der Waals surface area contributed by atoms with Crippen LogP contribution in [0.5, 0.6) is 0 Å². The van der Waals surface area contributed by atoms with Gasteiger partial charge in [0.05, 0.1) is 18.3 Å². The van der Waals surface area contributed by atoms with E-state index in [2.05, 4.69) is 23.1 Å². The summed E-state index contributed by atoms with van der Waals surface area (Å²) in [6.45, 7) is 10.6. The fourth-order valence-corrected chi connectivity index (χ4v) is 5.55. The zero-order valence-corrected chi connectivity index (χ0v) is 17.4. The molecule has 1 atom stereocenters. The first-order valence-electron chi connectivity index (χ1n) is 9.71. The van der Waals surface area contributed by atoms with Crippen LogP contribution in [0, 0.1) is 19.8 Å². The second-order valence-electron chi connectivity index (χ2n) is 7.82. The lowest BCUT2D eigenvalue weighted by molar-refractivity contribution is 0.0970. The van der Waals surface area contributed by atoms with Crippen molar-refractivity contribution in [3.63, 3.8) is 0 Å². The van der Waals surface area contributed by atoms with Gasteiger partial charge in [0.2, 0.25) is 0 Å². The summed E-state index contributed by atoms with van der Waals surface area (Å²) in [6.07, 6.45) is 6.38. The molecule has 0 spiro atoms. The summed E-state index contributed by atoms with van der Waals surface area (Å²) in [6, 6.07) is 1.89. The van der Waals surface area contributed by atoms with Gasteiger partial charge in [-0.1, -0.05) is 13.0 Å². The monoisotopic (exact) mass is 395 g/mol. The average molecular weight is 396 g/mol. The van der Waals surface area contributed by atoms with Crippen molar-refractivity contribution in [2.45, 2.75) is 53.1 Å².